The van der Waals surface area contributed by atoms with E-state index in [0.717, 1.165) is 25.9 Å². The Labute approximate surface area is 166 Å². The highest BCUT2D eigenvalue weighted by atomic mass is 16.5. The van der Waals surface area contributed by atoms with Crippen LogP contribution in [0.5, 0.6) is 5.75 Å². The van der Waals surface area contributed by atoms with E-state index >= 15 is 0 Å². The van der Waals surface area contributed by atoms with Gasteiger partial charge in [-0.2, -0.15) is 0 Å². The van der Waals surface area contributed by atoms with Gasteiger partial charge in [0, 0.05) is 26.1 Å². The molecule has 1 saturated heterocycles. The van der Waals surface area contributed by atoms with Crippen LogP contribution >= 0.6 is 0 Å². The lowest BCUT2D eigenvalue weighted by atomic mass is 10.0. The van der Waals surface area contributed by atoms with Crippen LogP contribution in [0.4, 0.5) is 0 Å². The van der Waals surface area contributed by atoms with Crippen LogP contribution in [0, 0.1) is 5.92 Å². The maximum absolute atomic E-state index is 12.7. The van der Waals surface area contributed by atoms with Gasteiger partial charge in [-0.05, 0) is 37.8 Å². The fourth-order valence-corrected chi connectivity index (χ4v) is 3.22. The molecule has 0 radical (unpaired) electrons. The van der Waals surface area contributed by atoms with Gasteiger partial charge in [-0.15, -0.1) is 0 Å². The zero-order valence-electron chi connectivity index (χ0n) is 17.0. The topological polar surface area (TPSA) is 87.7 Å². The van der Waals surface area contributed by atoms with Crippen LogP contribution in [0.3, 0.4) is 0 Å². The number of rotatable bonds is 9. The summed E-state index contributed by atoms with van der Waals surface area (Å²) in [7, 11) is 0. The molecule has 28 heavy (non-hydrogen) atoms. The predicted octanol–water partition coefficient (Wildman–Crippen LogP) is 1.97. The Kier molecular flexibility index (Phi) is 8.29. The summed E-state index contributed by atoms with van der Waals surface area (Å²) in [4.78, 5) is 39.2. The largest absolute Gasteiger partial charge is 0.493 e. The number of hydrogen-bond acceptors (Lipinski definition) is 4. The van der Waals surface area contributed by atoms with Crippen LogP contribution in [0.15, 0.2) is 24.3 Å². The Bertz CT molecular complexity index is 684. The van der Waals surface area contributed by atoms with Crippen LogP contribution < -0.4 is 15.4 Å². The minimum atomic E-state index is -0.691. The summed E-state index contributed by atoms with van der Waals surface area (Å²) in [5.74, 6) is -0.190. The van der Waals surface area contributed by atoms with Crippen molar-refractivity contribution in [1.29, 1.82) is 0 Å². The number of ether oxygens (including phenoxy) is 1. The number of benzene rings is 1. The van der Waals surface area contributed by atoms with E-state index in [1.54, 1.807) is 24.3 Å². The fraction of sp³-hybridized carbons (Fsp3) is 0.571. The highest BCUT2D eigenvalue weighted by molar-refractivity contribution is 5.99. The number of para-hydroxylation sites is 1. The first-order valence-corrected chi connectivity index (χ1v) is 10.0. The van der Waals surface area contributed by atoms with Crippen molar-refractivity contribution in [2.75, 3.05) is 26.2 Å². The lowest BCUT2D eigenvalue weighted by Gasteiger charge is -2.22. The Morgan fingerprint density at radius 2 is 1.82 bits per heavy atom. The molecule has 2 rings (SSSR count). The second-order valence-electron chi connectivity index (χ2n) is 7.25. The molecule has 7 heteroatoms. The Morgan fingerprint density at radius 3 is 2.46 bits per heavy atom. The third-order valence-corrected chi connectivity index (χ3v) is 4.76. The molecule has 2 N–H and O–H groups in total. The normalized spacial score (nSPS) is 14.6. The first kappa shape index (κ1) is 21.7. The standard InChI is InChI=1S/C21H31N3O4/c1-4-28-17-10-6-5-9-16(17)20(26)23-19(15(2)3)21(27)22-12-11-18(25)24-13-7-8-14-24/h5-6,9-10,15,19H,4,7-8,11-14H2,1-3H3,(H,22,27)(H,23,26)/t19-/m0/s1. The van der Waals surface area contributed by atoms with Crippen LogP contribution in [0.1, 0.15) is 50.4 Å². The minimum Gasteiger partial charge on any atom is -0.493 e. The van der Waals surface area contributed by atoms with Crippen LogP contribution in [-0.2, 0) is 9.59 Å². The Balaban J connectivity index is 1.92. The zero-order chi connectivity index (χ0) is 20.5. The van der Waals surface area contributed by atoms with Gasteiger partial charge < -0.3 is 20.3 Å². The molecule has 1 fully saturated rings. The second-order valence-corrected chi connectivity index (χ2v) is 7.25. The van der Waals surface area contributed by atoms with E-state index in [4.69, 9.17) is 4.74 Å². The number of likely N-dealkylation sites (tertiary alicyclic amines) is 1. The quantitative estimate of drug-likeness (QED) is 0.676. The Hall–Kier alpha value is -2.57. The molecule has 1 heterocycles. The number of nitrogens with one attached hydrogen (secondary N) is 2. The smallest absolute Gasteiger partial charge is 0.255 e. The number of hydrogen-bond donors (Lipinski definition) is 2. The van der Waals surface area contributed by atoms with Gasteiger partial charge in [-0.3, -0.25) is 14.4 Å². The summed E-state index contributed by atoms with van der Waals surface area (Å²) in [6.45, 7) is 7.91. The number of amides is 3. The molecule has 0 bridgehead atoms. The predicted molar refractivity (Wildman–Crippen MR) is 107 cm³/mol. The zero-order valence-corrected chi connectivity index (χ0v) is 17.0. The maximum atomic E-state index is 12.7. The fourth-order valence-electron chi connectivity index (χ4n) is 3.22. The van der Waals surface area contributed by atoms with Gasteiger partial charge in [-0.1, -0.05) is 26.0 Å². The first-order valence-electron chi connectivity index (χ1n) is 10.0. The van der Waals surface area contributed by atoms with E-state index in [0.29, 0.717) is 17.9 Å². The average molecular weight is 389 g/mol. The third-order valence-electron chi connectivity index (χ3n) is 4.76. The molecule has 0 aromatic heterocycles. The lowest BCUT2D eigenvalue weighted by molar-refractivity contribution is -0.130. The molecule has 154 valence electrons. The molecular weight excluding hydrogens is 358 g/mol. The highest BCUT2D eigenvalue weighted by Crippen LogP contribution is 2.18. The summed E-state index contributed by atoms with van der Waals surface area (Å²) in [6.07, 6.45) is 2.36. The summed E-state index contributed by atoms with van der Waals surface area (Å²) < 4.78 is 5.50. The molecule has 1 atom stereocenters. The van der Waals surface area contributed by atoms with E-state index in [1.807, 2.05) is 25.7 Å². The van der Waals surface area contributed by atoms with Gasteiger partial charge in [0.05, 0.1) is 12.2 Å². The van der Waals surface area contributed by atoms with Crippen molar-refractivity contribution < 1.29 is 19.1 Å². The van der Waals surface area contributed by atoms with Crippen LogP contribution in [-0.4, -0.2) is 54.9 Å². The van der Waals surface area contributed by atoms with Crippen molar-refractivity contribution in [3.05, 3.63) is 29.8 Å². The summed E-state index contributed by atoms with van der Waals surface area (Å²) >= 11 is 0. The average Bonchev–Trinajstić information content (AvgIpc) is 3.21. The minimum absolute atomic E-state index is 0.0635. The molecule has 0 unspecified atom stereocenters. The van der Waals surface area contributed by atoms with Crippen molar-refractivity contribution in [1.82, 2.24) is 15.5 Å². The van der Waals surface area contributed by atoms with Gasteiger partial charge in [0.15, 0.2) is 0 Å². The number of nitrogens with zero attached hydrogens (tertiary/aromatic N) is 1. The molecule has 1 aliphatic rings. The van der Waals surface area contributed by atoms with Gasteiger partial charge >= 0.3 is 0 Å². The van der Waals surface area contributed by atoms with E-state index in [2.05, 4.69) is 10.6 Å². The van der Waals surface area contributed by atoms with Gasteiger partial charge in [0.2, 0.25) is 11.8 Å². The van der Waals surface area contributed by atoms with Gasteiger partial charge in [0.1, 0.15) is 11.8 Å². The monoisotopic (exact) mass is 389 g/mol. The maximum Gasteiger partial charge on any atom is 0.255 e. The summed E-state index contributed by atoms with van der Waals surface area (Å²) in [5, 5.41) is 5.58. The lowest BCUT2D eigenvalue weighted by Crippen LogP contribution is -2.50. The van der Waals surface area contributed by atoms with Crippen molar-refractivity contribution in [3.63, 3.8) is 0 Å². The molecule has 0 aliphatic carbocycles. The molecule has 0 saturated carbocycles. The van der Waals surface area contributed by atoms with E-state index in [9.17, 15) is 14.4 Å². The second kappa shape index (κ2) is 10.7. The van der Waals surface area contributed by atoms with Crippen molar-refractivity contribution in [3.8, 4) is 5.75 Å². The van der Waals surface area contributed by atoms with E-state index in [-0.39, 0.29) is 36.6 Å². The number of carbonyl (C=O) groups is 3. The molecule has 1 aromatic carbocycles. The van der Waals surface area contributed by atoms with Crippen LogP contribution in [0.2, 0.25) is 0 Å². The van der Waals surface area contributed by atoms with Crippen LogP contribution in [0.25, 0.3) is 0 Å². The summed E-state index contributed by atoms with van der Waals surface area (Å²) in [5.41, 5.74) is 0.395. The molecule has 0 spiro atoms. The number of carbonyl (C=O) groups excluding carboxylic acids is 3. The van der Waals surface area contributed by atoms with Gasteiger partial charge in [-0.25, -0.2) is 0 Å². The highest BCUT2D eigenvalue weighted by Gasteiger charge is 2.26. The van der Waals surface area contributed by atoms with E-state index in [1.165, 1.54) is 0 Å². The third kappa shape index (κ3) is 5.97. The molecule has 1 aliphatic heterocycles. The van der Waals surface area contributed by atoms with Crippen molar-refractivity contribution >= 4 is 17.7 Å². The van der Waals surface area contributed by atoms with E-state index < -0.39 is 6.04 Å². The SMILES string of the molecule is CCOc1ccccc1C(=O)N[C@H](C(=O)NCCC(=O)N1CCCC1)C(C)C. The summed E-state index contributed by atoms with van der Waals surface area (Å²) in [6, 6.07) is 6.26. The Morgan fingerprint density at radius 1 is 1.14 bits per heavy atom. The molecule has 1 aromatic rings. The van der Waals surface area contributed by atoms with Gasteiger partial charge in [0.25, 0.3) is 5.91 Å². The molecular formula is C21H31N3O4. The molecule has 7 nitrogen and oxygen atoms in total. The van der Waals surface area contributed by atoms with Crippen molar-refractivity contribution in [2.45, 2.75) is 46.1 Å². The van der Waals surface area contributed by atoms with Crippen molar-refractivity contribution in [2.24, 2.45) is 5.92 Å². The molecule has 3 amide bonds. The first-order chi connectivity index (χ1) is 13.4.